The second-order valence-electron chi connectivity index (χ2n) is 10.5. The number of fused-ring (bicyclic) bond motifs is 1. The van der Waals surface area contributed by atoms with Crippen molar-refractivity contribution in [3.8, 4) is 0 Å². The Bertz CT molecular complexity index is 1860. The van der Waals surface area contributed by atoms with Gasteiger partial charge in [-0.25, -0.2) is 15.0 Å². The number of hydrogen-bond donors (Lipinski definition) is 3. The van der Waals surface area contributed by atoms with Crippen LogP contribution in [0.25, 0.3) is 10.2 Å². The average Bonchev–Trinajstić information content (AvgIpc) is 3.51. The fourth-order valence-electron chi connectivity index (χ4n) is 4.64. The van der Waals surface area contributed by atoms with Crippen LogP contribution in [0.4, 0.5) is 30.4 Å². The molecule has 6 rings (SSSR count). The lowest BCUT2D eigenvalue weighted by molar-refractivity contribution is -0.138. The van der Waals surface area contributed by atoms with Crippen molar-refractivity contribution in [1.29, 1.82) is 0 Å². The van der Waals surface area contributed by atoms with E-state index in [1.54, 1.807) is 42.1 Å². The number of nitrogens with one attached hydrogen (secondary N) is 3. The molecule has 0 bridgehead atoms. The van der Waals surface area contributed by atoms with Crippen molar-refractivity contribution < 1.29 is 22.8 Å². The standard InChI is InChI=1S/C30H26F3N7O2S/c1-16-3-4-18(9-24(16)39-29(42)22-13-43-26-25(22)34-14-35-27(26)37-20-7-8-20)28(41)38-21-6-5-19(23(10-21)30(31,32)33)12-40-11-17(2)36-15-40/h3-6,9-11,13-15,20H,7-8,12H2,1-2H3,(H,38,41)(H,39,42)(H,34,35,37). The lowest BCUT2D eigenvalue weighted by Crippen LogP contribution is -2.17. The molecule has 0 radical (unpaired) electrons. The molecule has 1 fully saturated rings. The third-order valence-corrected chi connectivity index (χ3v) is 8.03. The molecule has 3 heterocycles. The van der Waals surface area contributed by atoms with Crippen molar-refractivity contribution in [3.63, 3.8) is 0 Å². The van der Waals surface area contributed by atoms with Crippen LogP contribution in [0.5, 0.6) is 0 Å². The number of anilines is 3. The number of thiophene rings is 1. The molecule has 1 aliphatic carbocycles. The second-order valence-corrected chi connectivity index (χ2v) is 11.3. The molecule has 43 heavy (non-hydrogen) atoms. The number of aromatic nitrogens is 4. The fraction of sp³-hybridized carbons (Fsp3) is 0.233. The van der Waals surface area contributed by atoms with Gasteiger partial charge in [-0.15, -0.1) is 11.3 Å². The van der Waals surface area contributed by atoms with Gasteiger partial charge < -0.3 is 20.5 Å². The Kier molecular flexibility index (Phi) is 7.34. The first-order chi connectivity index (χ1) is 20.5. The number of halogens is 3. The Balaban J connectivity index is 1.20. The van der Waals surface area contributed by atoms with E-state index in [0.717, 1.165) is 23.6 Å². The average molecular weight is 606 g/mol. The minimum Gasteiger partial charge on any atom is -0.366 e. The topological polar surface area (TPSA) is 114 Å². The van der Waals surface area contributed by atoms with Gasteiger partial charge >= 0.3 is 6.18 Å². The number of carbonyl (C=O) groups excluding carboxylic acids is 2. The van der Waals surface area contributed by atoms with Crippen LogP contribution in [-0.4, -0.2) is 37.4 Å². The normalized spacial score (nSPS) is 13.2. The summed E-state index contributed by atoms with van der Waals surface area (Å²) in [6.45, 7) is 3.51. The highest BCUT2D eigenvalue weighted by Crippen LogP contribution is 2.35. The quantitative estimate of drug-likeness (QED) is 0.183. The Morgan fingerprint density at radius 3 is 2.56 bits per heavy atom. The highest BCUT2D eigenvalue weighted by molar-refractivity contribution is 7.18. The fourth-order valence-corrected chi connectivity index (χ4v) is 5.59. The van der Waals surface area contributed by atoms with E-state index >= 15 is 0 Å². The minimum atomic E-state index is -4.63. The predicted octanol–water partition coefficient (Wildman–Crippen LogP) is 6.65. The lowest BCUT2D eigenvalue weighted by atomic mass is 10.0. The van der Waals surface area contributed by atoms with Crippen LogP contribution >= 0.6 is 11.3 Å². The molecule has 0 spiro atoms. The van der Waals surface area contributed by atoms with Crippen LogP contribution in [0.1, 0.15) is 55.9 Å². The molecule has 2 amide bonds. The van der Waals surface area contributed by atoms with E-state index in [-0.39, 0.29) is 23.4 Å². The first kappa shape index (κ1) is 28.3. The van der Waals surface area contributed by atoms with E-state index in [1.807, 2.05) is 0 Å². The zero-order valence-electron chi connectivity index (χ0n) is 23.1. The van der Waals surface area contributed by atoms with E-state index in [1.165, 1.54) is 42.2 Å². The third kappa shape index (κ3) is 6.21. The summed E-state index contributed by atoms with van der Waals surface area (Å²) in [5.41, 5.74) is 2.05. The van der Waals surface area contributed by atoms with E-state index in [0.29, 0.717) is 39.9 Å². The van der Waals surface area contributed by atoms with Crippen molar-refractivity contribution in [2.45, 2.75) is 45.5 Å². The van der Waals surface area contributed by atoms with Crippen LogP contribution in [0.15, 0.2) is 60.6 Å². The van der Waals surface area contributed by atoms with Gasteiger partial charge in [0.2, 0.25) is 0 Å². The van der Waals surface area contributed by atoms with Gasteiger partial charge in [0.15, 0.2) is 0 Å². The maximum Gasteiger partial charge on any atom is 0.416 e. The number of amides is 2. The second kappa shape index (κ2) is 11.1. The van der Waals surface area contributed by atoms with Gasteiger partial charge in [-0.3, -0.25) is 9.59 Å². The largest absolute Gasteiger partial charge is 0.416 e. The molecule has 0 atom stereocenters. The highest BCUT2D eigenvalue weighted by atomic mass is 32.1. The maximum absolute atomic E-state index is 13.9. The molecular weight excluding hydrogens is 579 g/mol. The van der Waals surface area contributed by atoms with Gasteiger partial charge in [0.1, 0.15) is 12.1 Å². The summed E-state index contributed by atoms with van der Waals surface area (Å²) in [4.78, 5) is 39.0. The Morgan fingerprint density at radius 2 is 1.84 bits per heavy atom. The van der Waals surface area contributed by atoms with Gasteiger partial charge in [-0.2, -0.15) is 13.2 Å². The summed E-state index contributed by atoms with van der Waals surface area (Å²) in [5, 5.41) is 10.5. The first-order valence-electron chi connectivity index (χ1n) is 13.5. The van der Waals surface area contributed by atoms with E-state index < -0.39 is 23.6 Å². The number of carbonyl (C=O) groups is 2. The lowest BCUT2D eigenvalue weighted by Gasteiger charge is -2.16. The number of alkyl halides is 3. The summed E-state index contributed by atoms with van der Waals surface area (Å²) in [5.74, 6) is -0.322. The smallest absolute Gasteiger partial charge is 0.366 e. The van der Waals surface area contributed by atoms with Gasteiger partial charge in [0.25, 0.3) is 11.8 Å². The minimum absolute atomic E-state index is 0.00548. The van der Waals surface area contributed by atoms with Crippen molar-refractivity contribution in [3.05, 3.63) is 94.1 Å². The molecule has 1 saturated carbocycles. The molecule has 3 aromatic heterocycles. The zero-order valence-corrected chi connectivity index (χ0v) is 23.9. The summed E-state index contributed by atoms with van der Waals surface area (Å²) < 4.78 is 44.1. The number of aryl methyl sites for hydroxylation is 2. The monoisotopic (exact) mass is 605 g/mol. The van der Waals surface area contributed by atoms with Crippen molar-refractivity contribution in [1.82, 2.24) is 19.5 Å². The molecular formula is C30H26F3N7O2S. The maximum atomic E-state index is 13.9. The molecule has 1 aliphatic rings. The van der Waals surface area contributed by atoms with Crippen LogP contribution in [0, 0.1) is 13.8 Å². The van der Waals surface area contributed by atoms with Crippen molar-refractivity contribution in [2.75, 3.05) is 16.0 Å². The number of rotatable bonds is 8. The highest BCUT2D eigenvalue weighted by Gasteiger charge is 2.34. The molecule has 5 aromatic rings. The number of benzene rings is 2. The summed E-state index contributed by atoms with van der Waals surface area (Å²) in [7, 11) is 0. The predicted molar refractivity (Wildman–Crippen MR) is 159 cm³/mol. The Hall–Kier alpha value is -4.78. The summed E-state index contributed by atoms with van der Waals surface area (Å²) in [6.07, 6.45) is 2.07. The first-order valence-corrected chi connectivity index (χ1v) is 14.3. The molecule has 3 N–H and O–H groups in total. The van der Waals surface area contributed by atoms with E-state index in [4.69, 9.17) is 0 Å². The molecule has 0 unspecified atom stereocenters. The van der Waals surface area contributed by atoms with Crippen LogP contribution in [-0.2, 0) is 12.7 Å². The summed E-state index contributed by atoms with van der Waals surface area (Å²) in [6, 6.07) is 8.78. The Labute approximate surface area is 248 Å². The van der Waals surface area contributed by atoms with Gasteiger partial charge in [0, 0.05) is 41.1 Å². The number of imidazole rings is 1. The number of hydrogen-bond acceptors (Lipinski definition) is 7. The van der Waals surface area contributed by atoms with E-state index in [9.17, 15) is 22.8 Å². The molecule has 2 aromatic carbocycles. The SMILES string of the molecule is Cc1cn(Cc2ccc(NC(=O)c3ccc(C)c(NC(=O)c4csc5c(NC6CC6)ncnc45)c3)cc2C(F)(F)F)cn1. The Morgan fingerprint density at radius 1 is 1.02 bits per heavy atom. The van der Waals surface area contributed by atoms with Crippen molar-refractivity contribution >= 4 is 50.6 Å². The van der Waals surface area contributed by atoms with E-state index in [2.05, 4.69) is 30.9 Å². The van der Waals surface area contributed by atoms with Crippen LogP contribution in [0.3, 0.4) is 0 Å². The summed E-state index contributed by atoms with van der Waals surface area (Å²) >= 11 is 1.37. The van der Waals surface area contributed by atoms with Crippen LogP contribution < -0.4 is 16.0 Å². The zero-order chi connectivity index (χ0) is 30.3. The molecule has 13 heteroatoms. The van der Waals surface area contributed by atoms with Gasteiger partial charge in [0.05, 0.1) is 33.4 Å². The molecule has 220 valence electrons. The van der Waals surface area contributed by atoms with Crippen LogP contribution in [0.2, 0.25) is 0 Å². The third-order valence-electron chi connectivity index (χ3n) is 7.05. The molecule has 0 aliphatic heterocycles. The van der Waals surface area contributed by atoms with Gasteiger partial charge in [-0.05, 0) is 62.1 Å². The van der Waals surface area contributed by atoms with Crippen molar-refractivity contribution in [2.24, 2.45) is 0 Å². The number of nitrogens with zero attached hydrogens (tertiary/aromatic N) is 4. The molecule has 0 saturated heterocycles. The molecule has 9 nitrogen and oxygen atoms in total. The van der Waals surface area contributed by atoms with Gasteiger partial charge in [-0.1, -0.05) is 12.1 Å².